The highest BCUT2D eigenvalue weighted by molar-refractivity contribution is 5.52. The predicted molar refractivity (Wildman–Crippen MR) is 83.1 cm³/mol. The summed E-state index contributed by atoms with van der Waals surface area (Å²) in [6.45, 7) is 0.897. The van der Waals surface area contributed by atoms with Gasteiger partial charge in [0.05, 0.1) is 12.2 Å². The van der Waals surface area contributed by atoms with E-state index in [0.29, 0.717) is 5.82 Å². The Morgan fingerprint density at radius 2 is 2.14 bits per heavy atom. The van der Waals surface area contributed by atoms with Crippen LogP contribution in [0.1, 0.15) is 24.4 Å². The van der Waals surface area contributed by atoms with Crippen molar-refractivity contribution in [3.05, 3.63) is 54.0 Å². The van der Waals surface area contributed by atoms with Crippen molar-refractivity contribution in [3.8, 4) is 0 Å². The van der Waals surface area contributed by atoms with Crippen LogP contribution in [0, 0.1) is 5.82 Å². The van der Waals surface area contributed by atoms with Gasteiger partial charge in [0, 0.05) is 6.54 Å². The molecule has 1 aliphatic rings. The van der Waals surface area contributed by atoms with Crippen LogP contribution in [0.3, 0.4) is 0 Å². The average molecular weight is 297 g/mol. The zero-order valence-electron chi connectivity index (χ0n) is 12.0. The third-order valence-electron chi connectivity index (χ3n) is 4.16. The number of rotatable bonds is 2. The maximum Gasteiger partial charge on any atom is 0.156 e. The zero-order valence-corrected chi connectivity index (χ0v) is 12.0. The molecule has 0 unspecified atom stereocenters. The van der Waals surface area contributed by atoms with Gasteiger partial charge in [-0.3, -0.25) is 0 Å². The molecule has 3 heterocycles. The van der Waals surface area contributed by atoms with E-state index in [2.05, 4.69) is 15.0 Å². The fourth-order valence-corrected chi connectivity index (χ4v) is 3.14. The smallest absolute Gasteiger partial charge is 0.156 e. The number of halogens is 1. The molecule has 3 aromatic rings. The van der Waals surface area contributed by atoms with Crippen molar-refractivity contribution in [2.45, 2.75) is 18.9 Å². The molecule has 0 bridgehead atoms. The summed E-state index contributed by atoms with van der Waals surface area (Å²) in [6, 6.07) is 10.8. The standard InChI is InChI=1S/C16H16FN5/c17-12-4-1-3-11(9-12)13-5-2-8-21(13)16-7-6-15-19-10-14(18)22(15)20-16/h1,3-4,6-7,9-10,13H,2,5,8,18H2/t13-/m1/s1. The van der Waals surface area contributed by atoms with E-state index in [1.165, 1.54) is 6.07 Å². The minimum Gasteiger partial charge on any atom is -0.382 e. The second-order valence-electron chi connectivity index (χ2n) is 5.55. The van der Waals surface area contributed by atoms with Crippen molar-refractivity contribution in [1.29, 1.82) is 0 Å². The molecule has 0 spiro atoms. The summed E-state index contributed by atoms with van der Waals surface area (Å²) >= 11 is 0. The van der Waals surface area contributed by atoms with E-state index in [-0.39, 0.29) is 11.9 Å². The van der Waals surface area contributed by atoms with Gasteiger partial charge in [0.1, 0.15) is 17.5 Å². The van der Waals surface area contributed by atoms with Crippen molar-refractivity contribution in [1.82, 2.24) is 14.6 Å². The maximum atomic E-state index is 13.5. The van der Waals surface area contributed by atoms with Gasteiger partial charge >= 0.3 is 0 Å². The predicted octanol–water partition coefficient (Wildman–Crippen LogP) is 2.79. The van der Waals surface area contributed by atoms with Crippen molar-refractivity contribution in [3.63, 3.8) is 0 Å². The number of hydrogen-bond acceptors (Lipinski definition) is 4. The summed E-state index contributed by atoms with van der Waals surface area (Å²) in [5.41, 5.74) is 7.59. The Hall–Kier alpha value is -2.63. The molecule has 22 heavy (non-hydrogen) atoms. The van der Waals surface area contributed by atoms with Crippen LogP contribution in [0.15, 0.2) is 42.6 Å². The molecule has 112 valence electrons. The van der Waals surface area contributed by atoms with Crippen LogP contribution in [0.2, 0.25) is 0 Å². The number of benzene rings is 1. The van der Waals surface area contributed by atoms with Crippen LogP contribution in [0.25, 0.3) is 5.65 Å². The Bertz CT molecular complexity index is 828. The third kappa shape index (κ3) is 2.07. The molecule has 5 nitrogen and oxygen atoms in total. The molecule has 0 saturated carbocycles. The molecular formula is C16H16FN5. The average Bonchev–Trinajstić information content (AvgIpc) is 3.14. The van der Waals surface area contributed by atoms with Gasteiger partial charge in [-0.25, -0.2) is 9.37 Å². The Labute approximate surface area is 127 Å². The summed E-state index contributed by atoms with van der Waals surface area (Å²) < 4.78 is 15.1. The first-order valence-electron chi connectivity index (χ1n) is 7.35. The summed E-state index contributed by atoms with van der Waals surface area (Å²) in [5.74, 6) is 1.15. The highest BCUT2D eigenvalue weighted by Gasteiger charge is 2.27. The number of fused-ring (bicyclic) bond motifs is 1. The first kappa shape index (κ1) is 13.1. The molecule has 4 rings (SSSR count). The fraction of sp³-hybridized carbons (Fsp3) is 0.250. The van der Waals surface area contributed by atoms with Crippen molar-refractivity contribution in [2.75, 3.05) is 17.2 Å². The highest BCUT2D eigenvalue weighted by Crippen LogP contribution is 2.35. The number of aromatic nitrogens is 3. The minimum absolute atomic E-state index is 0.144. The lowest BCUT2D eigenvalue weighted by atomic mass is 10.0. The SMILES string of the molecule is Nc1cnc2ccc(N3CCC[C@@H]3c3cccc(F)c3)nn12. The molecular weight excluding hydrogens is 281 g/mol. The van der Waals surface area contributed by atoms with Gasteiger partial charge in [-0.2, -0.15) is 4.52 Å². The molecule has 1 aromatic carbocycles. The molecule has 1 saturated heterocycles. The van der Waals surface area contributed by atoms with Crippen LogP contribution in [-0.4, -0.2) is 21.1 Å². The van der Waals surface area contributed by atoms with Gasteiger partial charge in [-0.05, 0) is 42.7 Å². The molecule has 0 radical (unpaired) electrons. The van der Waals surface area contributed by atoms with Crippen molar-refractivity contribution < 1.29 is 4.39 Å². The monoisotopic (exact) mass is 297 g/mol. The van der Waals surface area contributed by atoms with Crippen LogP contribution in [-0.2, 0) is 0 Å². The van der Waals surface area contributed by atoms with E-state index in [1.54, 1.807) is 22.8 Å². The molecule has 2 N–H and O–H groups in total. The van der Waals surface area contributed by atoms with Gasteiger partial charge in [-0.15, -0.1) is 5.10 Å². The lowest BCUT2D eigenvalue weighted by molar-refractivity contribution is 0.617. The number of anilines is 2. The van der Waals surface area contributed by atoms with Crippen LogP contribution >= 0.6 is 0 Å². The Kier molecular flexibility index (Phi) is 2.96. The summed E-state index contributed by atoms with van der Waals surface area (Å²) in [4.78, 5) is 6.38. The molecule has 0 amide bonds. The number of nitrogens with two attached hydrogens (primary N) is 1. The van der Waals surface area contributed by atoms with E-state index >= 15 is 0 Å². The quantitative estimate of drug-likeness (QED) is 0.790. The lowest BCUT2D eigenvalue weighted by Crippen LogP contribution is -2.24. The van der Waals surface area contributed by atoms with E-state index < -0.39 is 0 Å². The van der Waals surface area contributed by atoms with Gasteiger partial charge in [0.2, 0.25) is 0 Å². The second-order valence-corrected chi connectivity index (χ2v) is 5.55. The molecule has 2 aromatic heterocycles. The number of nitrogens with zero attached hydrogens (tertiary/aromatic N) is 4. The molecule has 1 aliphatic heterocycles. The number of imidazole rings is 1. The number of nitrogen functional groups attached to an aromatic ring is 1. The van der Waals surface area contributed by atoms with E-state index in [9.17, 15) is 4.39 Å². The topological polar surface area (TPSA) is 59.5 Å². The van der Waals surface area contributed by atoms with Crippen molar-refractivity contribution in [2.24, 2.45) is 0 Å². The Morgan fingerprint density at radius 1 is 1.23 bits per heavy atom. The highest BCUT2D eigenvalue weighted by atomic mass is 19.1. The zero-order chi connectivity index (χ0) is 15.1. The fourth-order valence-electron chi connectivity index (χ4n) is 3.14. The minimum atomic E-state index is -0.202. The van der Waals surface area contributed by atoms with Crippen LogP contribution in [0.5, 0.6) is 0 Å². The molecule has 0 aliphatic carbocycles. The summed E-state index contributed by atoms with van der Waals surface area (Å²) in [6.07, 6.45) is 3.64. The van der Waals surface area contributed by atoms with Crippen LogP contribution < -0.4 is 10.6 Å². The largest absolute Gasteiger partial charge is 0.382 e. The first-order chi connectivity index (χ1) is 10.7. The Morgan fingerprint density at radius 3 is 3.00 bits per heavy atom. The van der Waals surface area contributed by atoms with Crippen molar-refractivity contribution >= 4 is 17.3 Å². The van der Waals surface area contributed by atoms with E-state index in [1.807, 2.05) is 18.2 Å². The normalized spacial score (nSPS) is 18.2. The van der Waals surface area contributed by atoms with Gasteiger partial charge in [-0.1, -0.05) is 12.1 Å². The third-order valence-corrected chi connectivity index (χ3v) is 4.16. The number of hydrogen-bond donors (Lipinski definition) is 1. The first-order valence-corrected chi connectivity index (χ1v) is 7.35. The van der Waals surface area contributed by atoms with E-state index in [0.717, 1.165) is 36.4 Å². The molecule has 1 atom stereocenters. The lowest BCUT2D eigenvalue weighted by Gasteiger charge is -2.26. The molecule has 1 fully saturated rings. The Balaban J connectivity index is 1.74. The van der Waals surface area contributed by atoms with Crippen LogP contribution in [0.4, 0.5) is 16.0 Å². The maximum absolute atomic E-state index is 13.5. The molecule has 6 heteroatoms. The summed E-state index contributed by atoms with van der Waals surface area (Å²) in [7, 11) is 0. The summed E-state index contributed by atoms with van der Waals surface area (Å²) in [5, 5.41) is 4.58. The van der Waals surface area contributed by atoms with Gasteiger partial charge in [0.25, 0.3) is 0 Å². The van der Waals surface area contributed by atoms with Gasteiger partial charge < -0.3 is 10.6 Å². The van der Waals surface area contributed by atoms with E-state index in [4.69, 9.17) is 5.73 Å². The van der Waals surface area contributed by atoms with Gasteiger partial charge in [0.15, 0.2) is 5.65 Å². The second kappa shape index (κ2) is 4.98.